The van der Waals surface area contributed by atoms with Crippen LogP contribution in [0.25, 0.3) is 0 Å². The van der Waals surface area contributed by atoms with Crippen LogP contribution in [0.1, 0.15) is 53.4 Å². The predicted molar refractivity (Wildman–Crippen MR) is 88.9 cm³/mol. The van der Waals surface area contributed by atoms with E-state index in [4.69, 9.17) is 4.74 Å². The average molecular weight is 314 g/mol. The Morgan fingerprint density at radius 3 is 2.67 bits per heavy atom. The Kier molecular flexibility index (Phi) is 5.83. The van der Waals surface area contributed by atoms with Gasteiger partial charge in [-0.3, -0.25) is 0 Å². The molecule has 2 rings (SSSR count). The molecule has 3 atom stereocenters. The van der Waals surface area contributed by atoms with E-state index in [-0.39, 0.29) is 12.1 Å². The van der Waals surface area contributed by atoms with Gasteiger partial charge in [-0.25, -0.2) is 4.79 Å². The summed E-state index contributed by atoms with van der Waals surface area (Å²) >= 11 is 2.04. The minimum absolute atomic E-state index is 0.167. The van der Waals surface area contributed by atoms with Crippen molar-refractivity contribution < 1.29 is 9.53 Å². The summed E-state index contributed by atoms with van der Waals surface area (Å²) in [5.41, 5.74) is -0.419. The standard InChI is InChI=1S/C16H30N2O2S/c1-12-14(17-13-7-6-10-21-11-13)8-5-9-18(12)15(19)20-16(2,3)4/h12-14,17H,5-11H2,1-4H3. The molecule has 1 amide bonds. The van der Waals surface area contributed by atoms with Gasteiger partial charge >= 0.3 is 6.09 Å². The number of hydrogen-bond donors (Lipinski definition) is 1. The van der Waals surface area contributed by atoms with Gasteiger partial charge in [0, 0.05) is 30.4 Å². The number of nitrogens with zero attached hydrogens (tertiary/aromatic N) is 1. The molecule has 3 unspecified atom stereocenters. The molecule has 0 saturated carbocycles. The van der Waals surface area contributed by atoms with E-state index in [1.807, 2.05) is 37.4 Å². The molecule has 2 aliphatic heterocycles. The van der Waals surface area contributed by atoms with Gasteiger partial charge in [0.15, 0.2) is 0 Å². The molecule has 0 spiro atoms. The van der Waals surface area contributed by atoms with Crippen molar-refractivity contribution in [2.45, 2.75) is 77.1 Å². The summed E-state index contributed by atoms with van der Waals surface area (Å²) in [4.78, 5) is 14.2. The number of amides is 1. The second kappa shape index (κ2) is 7.23. The van der Waals surface area contributed by atoms with Crippen LogP contribution >= 0.6 is 11.8 Å². The highest BCUT2D eigenvalue weighted by atomic mass is 32.2. The summed E-state index contributed by atoms with van der Waals surface area (Å²) in [6, 6.07) is 1.21. The highest BCUT2D eigenvalue weighted by molar-refractivity contribution is 7.99. The summed E-state index contributed by atoms with van der Waals surface area (Å²) in [5, 5.41) is 3.78. The zero-order chi connectivity index (χ0) is 15.5. The third-order valence-electron chi connectivity index (χ3n) is 4.23. The van der Waals surface area contributed by atoms with Gasteiger partial charge in [0.05, 0.1) is 0 Å². The SMILES string of the molecule is CC1C(NC2CCCSC2)CCCN1C(=O)OC(C)(C)C. The summed E-state index contributed by atoms with van der Waals surface area (Å²) in [6.07, 6.45) is 4.62. The van der Waals surface area contributed by atoms with Crippen molar-refractivity contribution in [1.29, 1.82) is 0 Å². The van der Waals surface area contributed by atoms with Gasteiger partial charge in [-0.05, 0) is 59.1 Å². The number of rotatable bonds is 2. The third kappa shape index (κ3) is 5.06. The minimum Gasteiger partial charge on any atom is -0.444 e. The highest BCUT2D eigenvalue weighted by Gasteiger charge is 2.34. The summed E-state index contributed by atoms with van der Waals surface area (Å²) < 4.78 is 5.54. The Morgan fingerprint density at radius 2 is 2.05 bits per heavy atom. The first-order valence-corrected chi connectivity index (χ1v) is 9.36. The second-order valence-corrected chi connectivity index (χ2v) is 8.39. The van der Waals surface area contributed by atoms with Crippen molar-refractivity contribution in [3.05, 3.63) is 0 Å². The molecule has 0 radical (unpaired) electrons. The van der Waals surface area contributed by atoms with Gasteiger partial charge in [-0.15, -0.1) is 0 Å². The summed E-state index contributed by atoms with van der Waals surface area (Å²) in [7, 11) is 0. The molecule has 122 valence electrons. The van der Waals surface area contributed by atoms with Gasteiger partial charge < -0.3 is 15.0 Å². The van der Waals surface area contributed by atoms with Crippen LogP contribution in [0.5, 0.6) is 0 Å². The lowest BCUT2D eigenvalue weighted by Crippen LogP contribution is -2.57. The molecule has 21 heavy (non-hydrogen) atoms. The molecule has 0 bridgehead atoms. The van der Waals surface area contributed by atoms with Crippen molar-refractivity contribution in [1.82, 2.24) is 10.2 Å². The van der Waals surface area contributed by atoms with Gasteiger partial charge in [-0.2, -0.15) is 11.8 Å². The fraction of sp³-hybridized carbons (Fsp3) is 0.938. The van der Waals surface area contributed by atoms with Gasteiger partial charge in [-0.1, -0.05) is 0 Å². The van der Waals surface area contributed by atoms with E-state index in [2.05, 4.69) is 12.2 Å². The Bertz CT molecular complexity index is 351. The van der Waals surface area contributed by atoms with Crippen LogP contribution < -0.4 is 5.32 Å². The van der Waals surface area contributed by atoms with Crippen molar-refractivity contribution in [2.75, 3.05) is 18.1 Å². The number of piperidine rings is 1. The van der Waals surface area contributed by atoms with Crippen LogP contribution in [-0.4, -0.2) is 52.8 Å². The van der Waals surface area contributed by atoms with Crippen LogP contribution in [0.4, 0.5) is 4.79 Å². The lowest BCUT2D eigenvalue weighted by Gasteiger charge is -2.42. The first-order chi connectivity index (χ1) is 9.87. The molecule has 2 heterocycles. The topological polar surface area (TPSA) is 41.6 Å². The normalized spacial score (nSPS) is 31.0. The largest absolute Gasteiger partial charge is 0.444 e. The van der Waals surface area contributed by atoms with Gasteiger partial charge in [0.2, 0.25) is 0 Å². The van der Waals surface area contributed by atoms with Crippen LogP contribution in [0, 0.1) is 0 Å². The van der Waals surface area contributed by atoms with E-state index < -0.39 is 5.60 Å². The third-order valence-corrected chi connectivity index (χ3v) is 5.44. The van der Waals surface area contributed by atoms with Gasteiger partial charge in [0.25, 0.3) is 0 Å². The molecule has 4 nitrogen and oxygen atoms in total. The van der Waals surface area contributed by atoms with E-state index in [1.165, 1.54) is 24.3 Å². The van der Waals surface area contributed by atoms with Gasteiger partial charge in [0.1, 0.15) is 5.60 Å². The van der Waals surface area contributed by atoms with E-state index in [9.17, 15) is 4.79 Å². The zero-order valence-electron chi connectivity index (χ0n) is 13.9. The monoisotopic (exact) mass is 314 g/mol. The maximum absolute atomic E-state index is 12.3. The number of hydrogen-bond acceptors (Lipinski definition) is 4. The van der Waals surface area contributed by atoms with E-state index in [1.54, 1.807) is 0 Å². The van der Waals surface area contributed by atoms with E-state index in [0.29, 0.717) is 12.1 Å². The van der Waals surface area contributed by atoms with Crippen LogP contribution in [0.15, 0.2) is 0 Å². The first-order valence-electron chi connectivity index (χ1n) is 8.20. The molecule has 1 N–H and O–H groups in total. The maximum atomic E-state index is 12.3. The highest BCUT2D eigenvalue weighted by Crippen LogP contribution is 2.23. The molecular weight excluding hydrogens is 284 g/mol. The van der Waals surface area contributed by atoms with Crippen molar-refractivity contribution in [2.24, 2.45) is 0 Å². The number of nitrogens with one attached hydrogen (secondary N) is 1. The molecule has 0 aromatic heterocycles. The van der Waals surface area contributed by atoms with Crippen molar-refractivity contribution >= 4 is 17.9 Å². The quantitative estimate of drug-likeness (QED) is 0.849. The zero-order valence-corrected chi connectivity index (χ0v) is 14.7. The maximum Gasteiger partial charge on any atom is 0.410 e. The second-order valence-electron chi connectivity index (χ2n) is 7.24. The molecule has 0 aromatic rings. The average Bonchev–Trinajstić information content (AvgIpc) is 2.40. The molecule has 2 saturated heterocycles. The Morgan fingerprint density at radius 1 is 1.29 bits per heavy atom. The fourth-order valence-electron chi connectivity index (χ4n) is 3.12. The number of ether oxygens (including phenoxy) is 1. The Hall–Kier alpha value is -0.420. The Balaban J connectivity index is 1.90. The van der Waals surface area contributed by atoms with Crippen molar-refractivity contribution in [3.8, 4) is 0 Å². The Labute approximate surface area is 133 Å². The summed E-state index contributed by atoms with van der Waals surface area (Å²) in [6.45, 7) is 8.74. The molecule has 2 aliphatic rings. The van der Waals surface area contributed by atoms with Crippen molar-refractivity contribution in [3.63, 3.8) is 0 Å². The first kappa shape index (κ1) is 16.9. The predicted octanol–water partition coefficient (Wildman–Crippen LogP) is 3.26. The van der Waals surface area contributed by atoms with E-state index in [0.717, 1.165) is 19.4 Å². The molecule has 0 aromatic carbocycles. The number of thioether (sulfide) groups is 1. The smallest absolute Gasteiger partial charge is 0.410 e. The van der Waals surface area contributed by atoms with Crippen LogP contribution in [-0.2, 0) is 4.74 Å². The van der Waals surface area contributed by atoms with Crippen LogP contribution in [0.2, 0.25) is 0 Å². The van der Waals surface area contributed by atoms with E-state index >= 15 is 0 Å². The lowest BCUT2D eigenvalue weighted by atomic mass is 9.96. The fourth-order valence-corrected chi connectivity index (χ4v) is 4.20. The number of likely N-dealkylation sites (tertiary alicyclic amines) is 1. The number of carbonyl (C=O) groups excluding carboxylic acids is 1. The molecule has 2 fully saturated rings. The molecular formula is C16H30N2O2S. The van der Waals surface area contributed by atoms with Crippen LogP contribution in [0.3, 0.4) is 0 Å². The summed E-state index contributed by atoms with van der Waals surface area (Å²) in [5.74, 6) is 2.50. The minimum atomic E-state index is -0.419. The lowest BCUT2D eigenvalue weighted by molar-refractivity contribution is 0.00640. The molecule has 0 aliphatic carbocycles. The number of carbonyl (C=O) groups is 1. The molecule has 5 heteroatoms.